The largest absolute Gasteiger partial charge is 0.353 e. The van der Waals surface area contributed by atoms with Crippen molar-refractivity contribution in [1.29, 1.82) is 0 Å². The smallest absolute Gasteiger partial charge is 0.338 e. The highest BCUT2D eigenvalue weighted by Crippen LogP contribution is 2.43. The zero-order valence-corrected chi connectivity index (χ0v) is 27.5. The first-order chi connectivity index (χ1) is 27.5. The van der Waals surface area contributed by atoms with Crippen LogP contribution < -0.4 is 5.69 Å². The van der Waals surface area contributed by atoms with Crippen LogP contribution in [0.3, 0.4) is 0 Å². The number of nitrogens with zero attached hydrogens (tertiary/aromatic N) is 3. The first kappa shape index (κ1) is 36.6. The average molecular weight is 822 g/mol. The second kappa shape index (κ2) is 12.3. The van der Waals surface area contributed by atoms with E-state index in [1.807, 2.05) is 0 Å². The van der Waals surface area contributed by atoms with Crippen LogP contribution in [0.2, 0.25) is 0 Å². The van der Waals surface area contributed by atoms with Crippen molar-refractivity contribution < 1.29 is 65.9 Å². The molecule has 0 spiro atoms. The second-order valence-electron chi connectivity index (χ2n) is 12.6. The van der Waals surface area contributed by atoms with Crippen LogP contribution in [0.1, 0.15) is 11.4 Å². The lowest BCUT2D eigenvalue weighted by Gasteiger charge is -2.15. The molecule has 6 bridgehead atoms. The van der Waals surface area contributed by atoms with Gasteiger partial charge in [0.1, 0.15) is 0 Å². The van der Waals surface area contributed by atoms with E-state index in [0.717, 1.165) is 48.6 Å². The summed E-state index contributed by atoms with van der Waals surface area (Å²) >= 11 is 0. The lowest BCUT2D eigenvalue weighted by atomic mass is 10.0. The minimum Gasteiger partial charge on any atom is -0.353 e. The summed E-state index contributed by atoms with van der Waals surface area (Å²) in [6.07, 6.45) is 2.02. The van der Waals surface area contributed by atoms with Crippen molar-refractivity contribution in [2.45, 2.75) is 0 Å². The van der Waals surface area contributed by atoms with E-state index in [2.05, 4.69) is 9.97 Å². The molecule has 1 aliphatic heterocycles. The molecule has 5 nitrogen and oxygen atoms in total. The third-order valence-corrected chi connectivity index (χ3v) is 9.68. The Bertz CT molecular complexity index is 3300. The summed E-state index contributed by atoms with van der Waals surface area (Å²) < 4.78 is 227. The predicted molar refractivity (Wildman–Crippen MR) is 175 cm³/mol. The van der Waals surface area contributed by atoms with Crippen molar-refractivity contribution in [1.82, 2.24) is 18.8 Å². The number of benzene rings is 3. The molecule has 6 heterocycles. The summed E-state index contributed by atoms with van der Waals surface area (Å²) in [6.45, 7) is 0. The summed E-state index contributed by atoms with van der Waals surface area (Å²) in [7, 11) is 0. The molecule has 0 unspecified atom stereocenters. The number of nitrogens with one attached hydrogen (secondary N) is 1. The summed E-state index contributed by atoms with van der Waals surface area (Å²) in [5.41, 5.74) is -15.2. The Balaban J connectivity index is 1.65. The molecule has 1 N–H and O–H groups in total. The van der Waals surface area contributed by atoms with Gasteiger partial charge in [0, 0.05) is 22.2 Å². The fourth-order valence-electron chi connectivity index (χ4n) is 7.16. The minimum atomic E-state index is -2.64. The van der Waals surface area contributed by atoms with Crippen molar-refractivity contribution >= 4 is 45.3 Å². The van der Waals surface area contributed by atoms with Crippen molar-refractivity contribution in [3.8, 4) is 33.4 Å². The number of aromatic nitrogens is 4. The SMILES string of the molecule is O=c1n2c3ccc2c(-c2c(F)c(F)c(F)c(F)c2F)c2ccc(c(-c4c(F)c(F)c(F)c(F)c4F)c4ccc([nH]4)c4nc(c3-c3c(F)c(F)c(F)c(F)c3F)C=C4)n12. The number of fused-ring (bicyclic) bond motifs is 5. The van der Waals surface area contributed by atoms with Gasteiger partial charge in [-0.05, 0) is 48.6 Å². The van der Waals surface area contributed by atoms with Crippen LogP contribution in [-0.4, -0.2) is 18.8 Å². The van der Waals surface area contributed by atoms with E-state index >= 15 is 26.3 Å². The summed E-state index contributed by atoms with van der Waals surface area (Å²) in [5, 5.41) is 0. The molecular weight excluding hydrogens is 813 g/mol. The lowest BCUT2D eigenvalue weighted by molar-refractivity contribution is 0.381. The van der Waals surface area contributed by atoms with E-state index in [1.165, 1.54) is 0 Å². The first-order valence-electron chi connectivity index (χ1n) is 16.0. The highest BCUT2D eigenvalue weighted by molar-refractivity contribution is 6.02. The number of aromatic amines is 1. The number of hydrogen-bond donors (Lipinski definition) is 1. The van der Waals surface area contributed by atoms with Crippen LogP contribution >= 0.6 is 0 Å². The van der Waals surface area contributed by atoms with Crippen molar-refractivity contribution in [2.75, 3.05) is 0 Å². The summed E-state index contributed by atoms with van der Waals surface area (Å²) in [5.74, 6) is -37.7. The van der Waals surface area contributed by atoms with Gasteiger partial charge in [-0.3, -0.25) is 8.80 Å². The van der Waals surface area contributed by atoms with Gasteiger partial charge in [-0.25, -0.2) is 75.6 Å². The van der Waals surface area contributed by atoms with Gasteiger partial charge in [-0.15, -0.1) is 0 Å². The quantitative estimate of drug-likeness (QED) is 0.110. The van der Waals surface area contributed by atoms with E-state index < -0.39 is 160 Å². The molecular formula is C38H9F15N4O. The van der Waals surface area contributed by atoms with E-state index in [4.69, 9.17) is 0 Å². The maximum Gasteiger partial charge on any atom is 0.338 e. The minimum absolute atomic E-state index is 0.178. The number of rotatable bonds is 3. The fraction of sp³-hybridized carbons (Fsp3) is 0. The third kappa shape index (κ3) is 4.58. The Morgan fingerprint density at radius 2 is 0.655 bits per heavy atom. The van der Waals surface area contributed by atoms with Crippen LogP contribution in [0.4, 0.5) is 65.9 Å². The fourth-order valence-corrected chi connectivity index (χ4v) is 7.16. The molecule has 0 aliphatic carbocycles. The highest BCUT2D eigenvalue weighted by atomic mass is 19.2. The van der Waals surface area contributed by atoms with Gasteiger partial charge in [-0.2, -0.15) is 0 Å². The molecule has 58 heavy (non-hydrogen) atoms. The van der Waals surface area contributed by atoms with Gasteiger partial charge in [0.15, 0.2) is 69.8 Å². The summed E-state index contributed by atoms with van der Waals surface area (Å²) in [6, 6.07) is 5.04. The summed E-state index contributed by atoms with van der Waals surface area (Å²) in [4.78, 5) is 21.6. The molecule has 0 saturated heterocycles. The first-order valence-corrected chi connectivity index (χ1v) is 16.0. The Kier molecular flexibility index (Phi) is 7.74. The van der Waals surface area contributed by atoms with Crippen molar-refractivity contribution in [3.63, 3.8) is 0 Å². The maximum atomic E-state index is 15.7. The van der Waals surface area contributed by atoms with E-state index in [9.17, 15) is 44.3 Å². The monoisotopic (exact) mass is 822 g/mol. The van der Waals surface area contributed by atoms with Gasteiger partial charge in [-0.1, -0.05) is 0 Å². The topological polar surface area (TPSA) is 54.6 Å². The van der Waals surface area contributed by atoms with Gasteiger partial charge in [0.25, 0.3) is 0 Å². The van der Waals surface area contributed by atoms with Gasteiger partial charge >= 0.3 is 5.69 Å². The van der Waals surface area contributed by atoms with Crippen LogP contribution in [0.25, 0.3) is 78.6 Å². The molecule has 0 radical (unpaired) electrons. The van der Waals surface area contributed by atoms with Crippen LogP contribution in [-0.2, 0) is 0 Å². The number of hydrogen-bond acceptors (Lipinski definition) is 2. The molecule has 20 heteroatoms. The molecule has 292 valence electrons. The molecule has 0 amide bonds. The molecule has 1 aliphatic rings. The zero-order chi connectivity index (χ0) is 41.5. The number of H-pyrrole nitrogens is 1. The normalized spacial score (nSPS) is 12.4. The van der Waals surface area contributed by atoms with Gasteiger partial charge < -0.3 is 4.98 Å². The van der Waals surface area contributed by atoms with E-state index in [-0.39, 0.29) is 20.0 Å². The third-order valence-electron chi connectivity index (χ3n) is 9.68. The van der Waals surface area contributed by atoms with Crippen LogP contribution in [0, 0.1) is 87.3 Å². The Hall–Kier alpha value is -6.99. The molecule has 0 saturated carbocycles. The Morgan fingerprint density at radius 1 is 0.345 bits per heavy atom. The lowest BCUT2D eigenvalue weighted by Crippen LogP contribution is -2.22. The number of halogens is 15. The molecule has 9 rings (SSSR count). The zero-order valence-electron chi connectivity index (χ0n) is 27.5. The van der Waals surface area contributed by atoms with E-state index in [0.29, 0.717) is 0 Å². The molecule has 3 aromatic carbocycles. The van der Waals surface area contributed by atoms with Crippen molar-refractivity contribution in [2.24, 2.45) is 0 Å². The molecule has 0 atom stereocenters. The molecule has 5 aromatic heterocycles. The Morgan fingerprint density at radius 3 is 1.09 bits per heavy atom. The molecule has 8 aromatic rings. The Labute approximate surface area is 308 Å². The van der Waals surface area contributed by atoms with Crippen molar-refractivity contribution in [3.05, 3.63) is 146 Å². The van der Waals surface area contributed by atoms with Crippen LogP contribution in [0.5, 0.6) is 0 Å². The van der Waals surface area contributed by atoms with Gasteiger partial charge in [0.05, 0.1) is 55.7 Å². The highest BCUT2D eigenvalue weighted by Gasteiger charge is 2.35. The van der Waals surface area contributed by atoms with E-state index in [1.54, 1.807) is 0 Å². The molecule has 0 fully saturated rings. The standard InChI is InChI=1S/C38H9F15N4O/c39-23-20(24(40)30(46)35(51)29(23)45)17-11-3-1-9(54-11)10-2-4-12(55-10)18(21-25(41)31(47)36(52)32(48)26(21)42)14-6-8-16-19(15-7-5-13(17)56(15)38(58)57(14)16)22-27(43)33(49)37(53)34(50)28(22)44/h1-8,54H. The average Bonchev–Trinajstić information content (AvgIpc) is 4.04. The van der Waals surface area contributed by atoms with Crippen LogP contribution in [0.15, 0.2) is 41.2 Å². The second-order valence-corrected chi connectivity index (χ2v) is 12.6. The predicted octanol–water partition coefficient (Wildman–Crippen LogP) is 10.7. The maximum absolute atomic E-state index is 15.7. The van der Waals surface area contributed by atoms with Gasteiger partial charge in [0.2, 0.25) is 17.5 Å².